The summed E-state index contributed by atoms with van der Waals surface area (Å²) in [6.45, 7) is 6.00. The number of hydrogen-bond acceptors (Lipinski definition) is 0. The van der Waals surface area contributed by atoms with Crippen LogP contribution in [0.15, 0.2) is 13.2 Å². The minimum absolute atomic E-state index is 0. The molecule has 0 aliphatic carbocycles. The first-order valence-corrected chi connectivity index (χ1v) is 0.500. The van der Waals surface area contributed by atoms with E-state index in [0.717, 1.165) is 0 Å². The largest absolute Gasteiger partial charge is 1.00 e. The fourth-order valence-electron chi connectivity index (χ4n) is 0. The Bertz CT molecular complexity index is 9.51. The van der Waals surface area contributed by atoms with Crippen LogP contribution in [0.4, 0.5) is 0 Å². The molecule has 0 amide bonds. The van der Waals surface area contributed by atoms with Gasteiger partial charge in [-0.25, -0.2) is 0 Å². The van der Waals surface area contributed by atoms with Gasteiger partial charge in [-0.3, -0.25) is 0 Å². The molecular weight excluding hydrogens is 70.0 g/mol. The second kappa shape index (κ2) is 21.9. The molecule has 0 aromatic carbocycles. The van der Waals surface area contributed by atoms with Crippen molar-refractivity contribution in [2.75, 3.05) is 0 Å². The summed E-state index contributed by atoms with van der Waals surface area (Å²) in [5.74, 6) is 0. The molecule has 0 unspecified atom stereocenters. The summed E-state index contributed by atoms with van der Waals surface area (Å²) in [6, 6.07) is 0. The van der Waals surface area contributed by atoms with Crippen LogP contribution in [0, 0.1) is 0 Å². The Morgan fingerprint density at radius 3 is 1.00 bits per heavy atom. The first kappa shape index (κ1) is 17.2. The Kier molecular flexibility index (Phi) is 94.0. The molecule has 0 saturated heterocycles. The maximum Gasteiger partial charge on any atom is 1.00 e. The second-order valence-electron chi connectivity index (χ2n) is 0. The minimum atomic E-state index is 0. The van der Waals surface area contributed by atoms with E-state index in [2.05, 4.69) is 13.2 Å². The standard InChI is InChI=1S/C2H4.2Na.2H/c1-2;;;;/h1-2H2;;;;/q;2*+1;2*-1. The molecule has 0 N–H and O–H groups in total. The van der Waals surface area contributed by atoms with Crippen LogP contribution in [0.3, 0.4) is 0 Å². The molecule has 0 nitrogen and oxygen atoms in total. The fraction of sp³-hybridized carbons (Fsp3) is 0. The van der Waals surface area contributed by atoms with Crippen molar-refractivity contribution >= 4 is 0 Å². The van der Waals surface area contributed by atoms with Crippen molar-refractivity contribution in [1.29, 1.82) is 0 Å². The third kappa shape index (κ3) is 9.27. The minimum Gasteiger partial charge on any atom is -1.00 e. The molecule has 0 spiro atoms. The average molecular weight is 76.0 g/mol. The van der Waals surface area contributed by atoms with E-state index in [9.17, 15) is 0 Å². The zero-order valence-electron chi connectivity index (χ0n) is 5.41. The Labute approximate surface area is 74.2 Å². The van der Waals surface area contributed by atoms with E-state index in [0.29, 0.717) is 0 Å². The van der Waals surface area contributed by atoms with Gasteiger partial charge in [0.1, 0.15) is 0 Å². The van der Waals surface area contributed by atoms with E-state index < -0.39 is 0 Å². The molecule has 0 aliphatic heterocycles. The van der Waals surface area contributed by atoms with Gasteiger partial charge < -0.3 is 2.85 Å². The van der Waals surface area contributed by atoms with Crippen LogP contribution in [0.1, 0.15) is 2.85 Å². The molecule has 0 bridgehead atoms. The van der Waals surface area contributed by atoms with Crippen LogP contribution >= 0.6 is 0 Å². The Hall–Kier alpha value is 1.74. The number of rotatable bonds is 0. The zero-order valence-corrected chi connectivity index (χ0v) is 7.41. The predicted molar refractivity (Wildman–Crippen MR) is 13.5 cm³/mol. The van der Waals surface area contributed by atoms with E-state index in [-0.39, 0.29) is 62.0 Å². The monoisotopic (exact) mass is 76.0 g/mol. The van der Waals surface area contributed by atoms with Crippen molar-refractivity contribution in [3.63, 3.8) is 0 Å². The number of hydrogen-bond donors (Lipinski definition) is 0. The van der Waals surface area contributed by atoms with Crippen molar-refractivity contribution in [3.8, 4) is 0 Å². The summed E-state index contributed by atoms with van der Waals surface area (Å²) < 4.78 is 0. The van der Waals surface area contributed by atoms with E-state index in [4.69, 9.17) is 0 Å². The summed E-state index contributed by atoms with van der Waals surface area (Å²) in [7, 11) is 0. The van der Waals surface area contributed by atoms with Gasteiger partial charge in [0.2, 0.25) is 0 Å². The third-order valence-corrected chi connectivity index (χ3v) is 0. The van der Waals surface area contributed by atoms with Crippen LogP contribution in [0.5, 0.6) is 0 Å². The summed E-state index contributed by atoms with van der Waals surface area (Å²) >= 11 is 0. The SMILES string of the molecule is C=C.[H-].[H-].[Na+].[Na+]. The van der Waals surface area contributed by atoms with Gasteiger partial charge in [0.25, 0.3) is 0 Å². The van der Waals surface area contributed by atoms with E-state index in [1.54, 1.807) is 0 Å². The van der Waals surface area contributed by atoms with Crippen molar-refractivity contribution in [3.05, 3.63) is 13.2 Å². The molecular formula is C2H6Na2. The quantitative estimate of drug-likeness (QED) is 0.200. The van der Waals surface area contributed by atoms with Gasteiger partial charge in [-0.2, -0.15) is 0 Å². The van der Waals surface area contributed by atoms with Crippen molar-refractivity contribution in [2.45, 2.75) is 0 Å². The van der Waals surface area contributed by atoms with Gasteiger partial charge in [0.15, 0.2) is 0 Å². The molecule has 0 aromatic heterocycles. The zero-order chi connectivity index (χ0) is 2.00. The van der Waals surface area contributed by atoms with Crippen LogP contribution in [-0.2, 0) is 0 Å². The van der Waals surface area contributed by atoms with Gasteiger partial charge in [-0.05, 0) is 0 Å². The van der Waals surface area contributed by atoms with Gasteiger partial charge in [-0.15, -0.1) is 13.2 Å². The fourth-order valence-corrected chi connectivity index (χ4v) is 0. The molecule has 0 heterocycles. The summed E-state index contributed by atoms with van der Waals surface area (Å²) in [5, 5.41) is 0. The first-order chi connectivity index (χ1) is 1.00. The van der Waals surface area contributed by atoms with Crippen LogP contribution < -0.4 is 59.1 Å². The molecule has 0 saturated carbocycles. The normalized spacial score (nSPS) is 1.00. The molecule has 0 fully saturated rings. The maximum atomic E-state index is 3.00. The second-order valence-corrected chi connectivity index (χ2v) is 0. The Morgan fingerprint density at radius 1 is 1.00 bits per heavy atom. The predicted octanol–water partition coefficient (Wildman–Crippen LogP) is -4.96. The third-order valence-electron chi connectivity index (χ3n) is 0. The smallest absolute Gasteiger partial charge is 1.00 e. The van der Waals surface area contributed by atoms with Gasteiger partial charge in [0.05, 0.1) is 0 Å². The van der Waals surface area contributed by atoms with Gasteiger partial charge in [0, 0.05) is 0 Å². The Morgan fingerprint density at radius 2 is 1.00 bits per heavy atom. The van der Waals surface area contributed by atoms with Crippen LogP contribution in [0.2, 0.25) is 0 Å². The van der Waals surface area contributed by atoms with Crippen molar-refractivity contribution in [2.24, 2.45) is 0 Å². The van der Waals surface area contributed by atoms with Crippen molar-refractivity contribution < 1.29 is 62.0 Å². The van der Waals surface area contributed by atoms with E-state index >= 15 is 0 Å². The molecule has 4 heavy (non-hydrogen) atoms. The topological polar surface area (TPSA) is 0 Å². The summed E-state index contributed by atoms with van der Waals surface area (Å²) in [4.78, 5) is 0. The van der Waals surface area contributed by atoms with Crippen LogP contribution in [0.25, 0.3) is 0 Å². The molecule has 0 aromatic rings. The maximum absolute atomic E-state index is 3.00. The van der Waals surface area contributed by atoms with Crippen LogP contribution in [-0.4, -0.2) is 0 Å². The molecule has 0 radical (unpaired) electrons. The van der Waals surface area contributed by atoms with Crippen molar-refractivity contribution in [1.82, 2.24) is 0 Å². The van der Waals surface area contributed by atoms with Gasteiger partial charge >= 0.3 is 59.1 Å². The van der Waals surface area contributed by atoms with Gasteiger partial charge in [-0.1, -0.05) is 0 Å². The molecule has 16 valence electrons. The molecule has 0 atom stereocenters. The summed E-state index contributed by atoms with van der Waals surface area (Å²) in [5.41, 5.74) is 0. The van der Waals surface area contributed by atoms with E-state index in [1.807, 2.05) is 0 Å². The average Bonchev–Trinajstić information content (AvgIpc) is 1.00. The summed E-state index contributed by atoms with van der Waals surface area (Å²) in [6.07, 6.45) is 0. The van der Waals surface area contributed by atoms with E-state index in [1.165, 1.54) is 0 Å². The Balaban J connectivity index is -0.000000000833. The molecule has 0 aliphatic rings. The first-order valence-electron chi connectivity index (χ1n) is 0.500. The molecule has 2 heteroatoms. The molecule has 0 rings (SSSR count).